The summed E-state index contributed by atoms with van der Waals surface area (Å²) in [5, 5.41) is 2.97. The lowest BCUT2D eigenvalue weighted by Gasteiger charge is -2.20. The zero-order chi connectivity index (χ0) is 18.4. The molecule has 0 aliphatic carbocycles. The van der Waals surface area contributed by atoms with Crippen LogP contribution in [0.3, 0.4) is 0 Å². The van der Waals surface area contributed by atoms with E-state index >= 15 is 0 Å². The van der Waals surface area contributed by atoms with Gasteiger partial charge in [0.2, 0.25) is 0 Å². The van der Waals surface area contributed by atoms with Crippen LogP contribution in [-0.2, 0) is 4.79 Å². The minimum absolute atomic E-state index is 0.0641. The fourth-order valence-electron chi connectivity index (χ4n) is 2.67. The van der Waals surface area contributed by atoms with Crippen LogP contribution in [0.5, 0.6) is 5.75 Å². The van der Waals surface area contributed by atoms with Crippen molar-refractivity contribution in [3.8, 4) is 5.75 Å². The van der Waals surface area contributed by atoms with Gasteiger partial charge in [-0.15, -0.1) is 0 Å². The van der Waals surface area contributed by atoms with E-state index in [1.54, 1.807) is 12.1 Å². The van der Waals surface area contributed by atoms with Crippen LogP contribution in [0.1, 0.15) is 22.7 Å². The average Bonchev–Trinajstić information content (AvgIpc) is 2.67. The minimum atomic E-state index is -0.488. The molecule has 1 unspecified atom stereocenters. The molecule has 1 N–H and O–H groups in total. The van der Waals surface area contributed by atoms with Crippen molar-refractivity contribution < 1.29 is 13.9 Å². The third-order valence-electron chi connectivity index (χ3n) is 4.04. The number of ether oxygens (including phenoxy) is 1. The smallest absolute Gasteiger partial charge is 0.258 e. The SMILES string of the molecule is Cc1ccc(C(NC(=O)COc2ccccc2F)c2ccccc2)cc1. The first kappa shape index (κ1) is 17.7. The predicted molar refractivity (Wildman–Crippen MR) is 99.5 cm³/mol. The molecule has 0 saturated carbocycles. The van der Waals surface area contributed by atoms with E-state index in [1.165, 1.54) is 12.1 Å². The van der Waals surface area contributed by atoms with Crippen molar-refractivity contribution in [2.75, 3.05) is 6.61 Å². The number of para-hydroxylation sites is 1. The summed E-state index contributed by atoms with van der Waals surface area (Å²) in [6.07, 6.45) is 0. The Balaban J connectivity index is 1.74. The second-order valence-electron chi connectivity index (χ2n) is 6.04. The fourth-order valence-corrected chi connectivity index (χ4v) is 2.67. The quantitative estimate of drug-likeness (QED) is 0.715. The van der Waals surface area contributed by atoms with Crippen LogP contribution in [0, 0.1) is 12.7 Å². The lowest BCUT2D eigenvalue weighted by molar-refractivity contribution is -0.123. The van der Waals surface area contributed by atoms with E-state index in [0.717, 1.165) is 16.7 Å². The lowest BCUT2D eigenvalue weighted by Crippen LogP contribution is -2.33. The Labute approximate surface area is 152 Å². The molecular formula is C22H20FNO2. The van der Waals surface area contributed by atoms with E-state index < -0.39 is 5.82 Å². The number of amides is 1. The van der Waals surface area contributed by atoms with Crippen molar-refractivity contribution in [3.05, 3.63) is 101 Å². The summed E-state index contributed by atoms with van der Waals surface area (Å²) in [6, 6.07) is 23.4. The number of nitrogens with one attached hydrogen (secondary N) is 1. The van der Waals surface area contributed by atoms with Crippen molar-refractivity contribution in [1.29, 1.82) is 0 Å². The predicted octanol–water partition coefficient (Wildman–Crippen LogP) is 4.42. The van der Waals surface area contributed by atoms with Crippen molar-refractivity contribution in [2.45, 2.75) is 13.0 Å². The van der Waals surface area contributed by atoms with E-state index in [0.29, 0.717) is 0 Å². The Morgan fingerprint density at radius 2 is 1.54 bits per heavy atom. The molecule has 0 radical (unpaired) electrons. The monoisotopic (exact) mass is 349 g/mol. The molecule has 0 aromatic heterocycles. The molecule has 1 amide bonds. The molecule has 3 aromatic carbocycles. The van der Waals surface area contributed by atoms with Crippen molar-refractivity contribution in [3.63, 3.8) is 0 Å². The van der Waals surface area contributed by atoms with Crippen LogP contribution < -0.4 is 10.1 Å². The van der Waals surface area contributed by atoms with Crippen LogP contribution in [0.4, 0.5) is 4.39 Å². The Bertz CT molecular complexity index is 863. The van der Waals surface area contributed by atoms with Gasteiger partial charge in [-0.25, -0.2) is 4.39 Å². The van der Waals surface area contributed by atoms with E-state index in [1.807, 2.05) is 61.5 Å². The molecule has 3 aromatic rings. The minimum Gasteiger partial charge on any atom is -0.481 e. The summed E-state index contributed by atoms with van der Waals surface area (Å²) >= 11 is 0. The first-order chi connectivity index (χ1) is 12.6. The molecule has 1 atom stereocenters. The van der Waals surface area contributed by atoms with Crippen molar-refractivity contribution >= 4 is 5.91 Å². The largest absolute Gasteiger partial charge is 0.481 e. The van der Waals surface area contributed by atoms with Gasteiger partial charge in [0.05, 0.1) is 6.04 Å². The number of hydrogen-bond donors (Lipinski definition) is 1. The van der Waals surface area contributed by atoms with Gasteiger partial charge < -0.3 is 10.1 Å². The number of carbonyl (C=O) groups is 1. The summed E-state index contributed by atoms with van der Waals surface area (Å²) in [4.78, 5) is 12.4. The number of aryl methyl sites for hydroxylation is 1. The number of halogens is 1. The molecule has 0 aliphatic rings. The van der Waals surface area contributed by atoms with Gasteiger partial charge in [-0.2, -0.15) is 0 Å². The van der Waals surface area contributed by atoms with Crippen LogP contribution in [0.2, 0.25) is 0 Å². The summed E-state index contributed by atoms with van der Waals surface area (Å²) in [7, 11) is 0. The molecule has 3 nitrogen and oxygen atoms in total. The summed E-state index contributed by atoms with van der Waals surface area (Å²) in [5.41, 5.74) is 3.09. The van der Waals surface area contributed by atoms with Gasteiger partial charge in [0.1, 0.15) is 0 Å². The van der Waals surface area contributed by atoms with E-state index in [2.05, 4.69) is 5.32 Å². The Kier molecular flexibility index (Phi) is 5.64. The van der Waals surface area contributed by atoms with Crippen LogP contribution in [-0.4, -0.2) is 12.5 Å². The molecule has 0 bridgehead atoms. The summed E-state index contributed by atoms with van der Waals surface area (Å²) in [5.74, 6) is -0.740. The fraction of sp³-hybridized carbons (Fsp3) is 0.136. The van der Waals surface area contributed by atoms with E-state index in [9.17, 15) is 9.18 Å². The molecule has 0 saturated heterocycles. The molecule has 132 valence electrons. The molecule has 0 spiro atoms. The van der Waals surface area contributed by atoms with Gasteiger partial charge in [-0.05, 0) is 30.2 Å². The Morgan fingerprint density at radius 3 is 2.23 bits per heavy atom. The van der Waals surface area contributed by atoms with Gasteiger partial charge >= 0.3 is 0 Å². The van der Waals surface area contributed by atoms with Gasteiger partial charge in [-0.1, -0.05) is 72.3 Å². The summed E-state index contributed by atoms with van der Waals surface area (Å²) in [6.45, 7) is 1.76. The van der Waals surface area contributed by atoms with Crippen molar-refractivity contribution in [2.24, 2.45) is 0 Å². The van der Waals surface area contributed by atoms with Gasteiger partial charge in [0, 0.05) is 0 Å². The normalized spacial score (nSPS) is 11.6. The molecule has 0 heterocycles. The number of rotatable bonds is 6. The number of benzene rings is 3. The zero-order valence-corrected chi connectivity index (χ0v) is 14.5. The second-order valence-corrected chi connectivity index (χ2v) is 6.04. The molecule has 26 heavy (non-hydrogen) atoms. The van der Waals surface area contributed by atoms with Gasteiger partial charge in [0.25, 0.3) is 5.91 Å². The Morgan fingerprint density at radius 1 is 0.923 bits per heavy atom. The lowest BCUT2D eigenvalue weighted by atomic mass is 9.98. The number of carbonyl (C=O) groups excluding carboxylic acids is 1. The zero-order valence-electron chi connectivity index (χ0n) is 14.5. The van der Waals surface area contributed by atoms with Crippen LogP contribution >= 0.6 is 0 Å². The van der Waals surface area contributed by atoms with Crippen LogP contribution in [0.25, 0.3) is 0 Å². The molecular weight excluding hydrogens is 329 g/mol. The number of hydrogen-bond acceptors (Lipinski definition) is 2. The van der Waals surface area contributed by atoms with Crippen LogP contribution in [0.15, 0.2) is 78.9 Å². The van der Waals surface area contributed by atoms with Crippen molar-refractivity contribution in [1.82, 2.24) is 5.32 Å². The highest BCUT2D eigenvalue weighted by molar-refractivity contribution is 5.78. The van der Waals surface area contributed by atoms with E-state index in [4.69, 9.17) is 4.74 Å². The van der Waals surface area contributed by atoms with E-state index in [-0.39, 0.29) is 24.3 Å². The maximum absolute atomic E-state index is 13.6. The second kappa shape index (κ2) is 8.30. The molecule has 4 heteroatoms. The Hall–Kier alpha value is -3.14. The maximum atomic E-state index is 13.6. The first-order valence-corrected chi connectivity index (χ1v) is 8.41. The maximum Gasteiger partial charge on any atom is 0.258 e. The van der Waals surface area contributed by atoms with Gasteiger partial charge in [-0.3, -0.25) is 4.79 Å². The highest BCUT2D eigenvalue weighted by atomic mass is 19.1. The molecule has 3 rings (SSSR count). The standard InChI is InChI=1S/C22H20FNO2/c1-16-11-13-18(14-12-16)22(17-7-3-2-4-8-17)24-21(25)15-26-20-10-6-5-9-19(20)23/h2-14,22H,15H2,1H3,(H,24,25). The molecule has 0 aliphatic heterocycles. The topological polar surface area (TPSA) is 38.3 Å². The third-order valence-corrected chi connectivity index (χ3v) is 4.04. The third kappa shape index (κ3) is 4.48. The highest BCUT2D eigenvalue weighted by Crippen LogP contribution is 2.22. The highest BCUT2D eigenvalue weighted by Gasteiger charge is 2.17. The summed E-state index contributed by atoms with van der Waals surface area (Å²) < 4.78 is 18.9. The first-order valence-electron chi connectivity index (χ1n) is 8.41. The molecule has 0 fully saturated rings. The van der Waals surface area contributed by atoms with Gasteiger partial charge in [0.15, 0.2) is 18.2 Å². The average molecular weight is 349 g/mol.